The van der Waals surface area contributed by atoms with Crippen molar-refractivity contribution in [2.75, 3.05) is 5.73 Å². The van der Waals surface area contributed by atoms with Crippen LogP contribution in [0.2, 0.25) is 0 Å². The van der Waals surface area contributed by atoms with E-state index >= 15 is 0 Å². The second-order valence-corrected chi connectivity index (χ2v) is 5.68. The minimum atomic E-state index is 0.848. The van der Waals surface area contributed by atoms with E-state index in [9.17, 15) is 0 Å². The number of aryl methyl sites for hydroxylation is 1. The summed E-state index contributed by atoms with van der Waals surface area (Å²) in [5.41, 5.74) is 9.34. The average Bonchev–Trinajstić information content (AvgIpc) is 2.33. The van der Waals surface area contributed by atoms with Crippen LogP contribution in [0.4, 0.5) is 5.69 Å². The van der Waals surface area contributed by atoms with Gasteiger partial charge in [0.25, 0.3) is 0 Å². The van der Waals surface area contributed by atoms with Gasteiger partial charge in [0.05, 0.1) is 0 Å². The molecule has 0 aliphatic heterocycles. The van der Waals surface area contributed by atoms with Crippen molar-refractivity contribution in [3.63, 3.8) is 0 Å². The second-order valence-electron chi connectivity index (χ2n) is 3.87. The Morgan fingerprint density at radius 3 is 2.65 bits per heavy atom. The predicted molar refractivity (Wildman–Crippen MR) is 79.3 cm³/mol. The van der Waals surface area contributed by atoms with Gasteiger partial charge in [-0.25, -0.2) is 0 Å². The lowest BCUT2D eigenvalue weighted by Gasteiger charge is -2.08. The van der Waals surface area contributed by atoms with Gasteiger partial charge in [-0.2, -0.15) is 0 Å². The molecule has 0 saturated carbocycles. The third-order valence-electron chi connectivity index (χ3n) is 2.57. The zero-order valence-electron chi connectivity index (χ0n) is 9.61. The lowest BCUT2D eigenvalue weighted by Crippen LogP contribution is -1.89. The van der Waals surface area contributed by atoms with E-state index in [1.54, 1.807) is 11.8 Å². The van der Waals surface area contributed by atoms with E-state index in [4.69, 9.17) is 5.73 Å². The number of para-hydroxylation sites is 1. The first-order chi connectivity index (χ1) is 8.18. The van der Waals surface area contributed by atoms with Gasteiger partial charge in [0.2, 0.25) is 0 Å². The van der Waals surface area contributed by atoms with Crippen LogP contribution in [0.3, 0.4) is 0 Å². The maximum atomic E-state index is 5.92. The number of hydrogen-bond donors (Lipinski definition) is 1. The minimum absolute atomic E-state index is 0.848. The molecule has 0 unspecified atom stereocenters. The van der Waals surface area contributed by atoms with E-state index < -0.39 is 0 Å². The van der Waals surface area contributed by atoms with Gasteiger partial charge in [-0.15, -0.1) is 11.8 Å². The average molecular weight is 308 g/mol. The first kappa shape index (κ1) is 12.5. The van der Waals surface area contributed by atoms with Gasteiger partial charge in [0, 0.05) is 20.8 Å². The summed E-state index contributed by atoms with van der Waals surface area (Å²) in [6, 6.07) is 14.3. The summed E-state index contributed by atoms with van der Waals surface area (Å²) < 4.78 is 1.20. The lowest BCUT2D eigenvalue weighted by molar-refractivity contribution is 1.31. The molecule has 0 fully saturated rings. The molecule has 0 aromatic heterocycles. The SMILES string of the molecule is Cc1cccc(CSc2ccccc2N)c1Br. The molecular weight excluding hydrogens is 294 g/mol. The molecule has 0 amide bonds. The van der Waals surface area contributed by atoms with Crippen LogP contribution < -0.4 is 5.73 Å². The fraction of sp³-hybridized carbons (Fsp3) is 0.143. The second kappa shape index (κ2) is 5.61. The first-order valence-electron chi connectivity index (χ1n) is 5.40. The Hall–Kier alpha value is -0.930. The summed E-state index contributed by atoms with van der Waals surface area (Å²) in [6.45, 7) is 2.11. The summed E-state index contributed by atoms with van der Waals surface area (Å²) >= 11 is 5.40. The molecule has 2 aromatic rings. The smallest absolute Gasteiger partial charge is 0.0452 e. The van der Waals surface area contributed by atoms with Gasteiger partial charge in [-0.3, -0.25) is 0 Å². The molecule has 0 bridgehead atoms. The van der Waals surface area contributed by atoms with Crippen LogP contribution in [-0.4, -0.2) is 0 Å². The fourth-order valence-electron chi connectivity index (χ4n) is 1.59. The van der Waals surface area contributed by atoms with Crippen LogP contribution in [0, 0.1) is 6.92 Å². The maximum absolute atomic E-state index is 5.92. The van der Waals surface area contributed by atoms with E-state index in [1.807, 2.05) is 18.2 Å². The highest BCUT2D eigenvalue weighted by molar-refractivity contribution is 9.10. The molecule has 3 heteroatoms. The lowest BCUT2D eigenvalue weighted by atomic mass is 10.2. The van der Waals surface area contributed by atoms with Gasteiger partial charge in [-0.1, -0.05) is 46.3 Å². The quantitative estimate of drug-likeness (QED) is 0.661. The van der Waals surface area contributed by atoms with Crippen LogP contribution in [-0.2, 0) is 5.75 Å². The molecule has 0 aliphatic rings. The fourth-order valence-corrected chi connectivity index (χ4v) is 3.14. The van der Waals surface area contributed by atoms with Crippen molar-refractivity contribution < 1.29 is 0 Å². The number of nitrogens with two attached hydrogens (primary N) is 1. The summed E-state index contributed by atoms with van der Waals surface area (Å²) in [4.78, 5) is 1.14. The van der Waals surface area contributed by atoms with Gasteiger partial charge in [-0.05, 0) is 30.2 Å². The van der Waals surface area contributed by atoms with Crippen molar-refractivity contribution >= 4 is 33.4 Å². The van der Waals surface area contributed by atoms with Crippen molar-refractivity contribution in [3.05, 3.63) is 58.1 Å². The molecule has 2 aromatic carbocycles. The van der Waals surface area contributed by atoms with E-state index in [0.29, 0.717) is 0 Å². The molecule has 0 spiro atoms. The van der Waals surface area contributed by atoms with Gasteiger partial charge >= 0.3 is 0 Å². The topological polar surface area (TPSA) is 26.0 Å². The van der Waals surface area contributed by atoms with Crippen molar-refractivity contribution in [1.82, 2.24) is 0 Å². The van der Waals surface area contributed by atoms with E-state index in [1.165, 1.54) is 15.6 Å². The zero-order valence-corrected chi connectivity index (χ0v) is 12.0. The molecule has 0 saturated heterocycles. The van der Waals surface area contributed by atoms with Crippen LogP contribution in [0.1, 0.15) is 11.1 Å². The molecule has 0 heterocycles. The third kappa shape index (κ3) is 3.05. The molecule has 2 N–H and O–H groups in total. The van der Waals surface area contributed by atoms with Crippen LogP contribution >= 0.6 is 27.7 Å². The Morgan fingerprint density at radius 1 is 1.12 bits per heavy atom. The van der Waals surface area contributed by atoms with E-state index in [2.05, 4.69) is 47.1 Å². The number of thioether (sulfide) groups is 1. The van der Waals surface area contributed by atoms with Crippen LogP contribution in [0.15, 0.2) is 51.8 Å². The highest BCUT2D eigenvalue weighted by Crippen LogP contribution is 2.31. The molecular formula is C14H14BrNS. The molecule has 0 atom stereocenters. The monoisotopic (exact) mass is 307 g/mol. The number of benzene rings is 2. The molecule has 0 aliphatic carbocycles. The Morgan fingerprint density at radius 2 is 1.88 bits per heavy atom. The van der Waals surface area contributed by atoms with Gasteiger partial charge in [0.15, 0.2) is 0 Å². The summed E-state index contributed by atoms with van der Waals surface area (Å²) in [5.74, 6) is 0.927. The largest absolute Gasteiger partial charge is 0.398 e. The molecule has 2 rings (SSSR count). The number of nitrogen functional groups attached to an aromatic ring is 1. The summed E-state index contributed by atoms with van der Waals surface area (Å²) in [7, 11) is 0. The Balaban J connectivity index is 2.13. The van der Waals surface area contributed by atoms with Crippen LogP contribution in [0.5, 0.6) is 0 Å². The first-order valence-corrected chi connectivity index (χ1v) is 7.17. The molecule has 1 nitrogen and oxygen atoms in total. The number of halogens is 1. The van der Waals surface area contributed by atoms with Gasteiger partial charge in [0.1, 0.15) is 0 Å². The van der Waals surface area contributed by atoms with E-state index in [0.717, 1.165) is 16.3 Å². The number of anilines is 1. The Kier molecular flexibility index (Phi) is 4.13. The number of hydrogen-bond acceptors (Lipinski definition) is 2. The maximum Gasteiger partial charge on any atom is 0.0452 e. The van der Waals surface area contributed by atoms with Gasteiger partial charge < -0.3 is 5.73 Å². The standard InChI is InChI=1S/C14H14BrNS/c1-10-5-4-6-11(14(10)15)9-17-13-8-3-2-7-12(13)16/h2-8H,9,16H2,1H3. The normalized spacial score (nSPS) is 10.5. The van der Waals surface area contributed by atoms with E-state index in [-0.39, 0.29) is 0 Å². The van der Waals surface area contributed by atoms with Crippen LogP contribution in [0.25, 0.3) is 0 Å². The molecule has 0 radical (unpaired) electrons. The highest BCUT2D eigenvalue weighted by atomic mass is 79.9. The third-order valence-corrected chi connectivity index (χ3v) is 4.85. The molecule has 88 valence electrons. The van der Waals surface area contributed by atoms with Crippen molar-refractivity contribution in [2.45, 2.75) is 17.6 Å². The Bertz CT molecular complexity index is 525. The summed E-state index contributed by atoms with van der Waals surface area (Å²) in [5, 5.41) is 0. The predicted octanol–water partition coefficient (Wildman–Crippen LogP) is 4.63. The minimum Gasteiger partial charge on any atom is -0.398 e. The van der Waals surface area contributed by atoms with Crippen molar-refractivity contribution in [2.24, 2.45) is 0 Å². The summed E-state index contributed by atoms with van der Waals surface area (Å²) in [6.07, 6.45) is 0. The highest BCUT2D eigenvalue weighted by Gasteiger charge is 2.04. The van der Waals surface area contributed by atoms with Crippen molar-refractivity contribution in [3.8, 4) is 0 Å². The number of rotatable bonds is 3. The Labute approximate surface area is 115 Å². The zero-order chi connectivity index (χ0) is 12.3. The molecule has 17 heavy (non-hydrogen) atoms. The van der Waals surface area contributed by atoms with Crippen molar-refractivity contribution in [1.29, 1.82) is 0 Å².